The summed E-state index contributed by atoms with van der Waals surface area (Å²) in [5, 5.41) is 10.5. The van der Waals surface area contributed by atoms with Gasteiger partial charge in [0.15, 0.2) is 28.5 Å². The first-order valence-electron chi connectivity index (χ1n) is 10.1. The first-order valence-corrected chi connectivity index (χ1v) is 11.0. The van der Waals surface area contributed by atoms with Crippen LogP contribution in [-0.2, 0) is 0 Å². The fourth-order valence-corrected chi connectivity index (χ4v) is 4.02. The minimum Gasteiger partial charge on any atom is -0.493 e. The maximum atomic E-state index is 5.48. The van der Waals surface area contributed by atoms with Gasteiger partial charge in [-0.2, -0.15) is 21.3 Å². The van der Waals surface area contributed by atoms with Crippen molar-refractivity contribution in [2.45, 2.75) is 0 Å². The van der Waals surface area contributed by atoms with E-state index in [1.807, 2.05) is 21.4 Å². The first-order chi connectivity index (χ1) is 16.7. The topological polar surface area (TPSA) is 121 Å². The Bertz CT molecular complexity index is 1400. The monoisotopic (exact) mass is 476 g/mol. The molecule has 2 N–H and O–H groups in total. The van der Waals surface area contributed by atoms with Gasteiger partial charge in [0.1, 0.15) is 18.5 Å². The number of rotatable bonds is 8. The number of nitrogens with zero attached hydrogens (tertiary/aromatic N) is 6. The quantitative estimate of drug-likeness (QED) is 0.337. The van der Waals surface area contributed by atoms with Gasteiger partial charge in [0.2, 0.25) is 11.7 Å². The van der Waals surface area contributed by atoms with Crippen molar-refractivity contribution in [1.82, 2.24) is 29.5 Å². The molecule has 0 atom stereocenters. The normalized spacial score (nSPS) is 10.8. The molecule has 5 aromatic rings. The van der Waals surface area contributed by atoms with Crippen LogP contribution in [0.25, 0.3) is 16.9 Å². The zero-order chi connectivity index (χ0) is 23.5. The summed E-state index contributed by atoms with van der Waals surface area (Å²) in [6, 6.07) is 7.32. The number of methoxy groups -OCH3 is 3. The molecule has 0 amide bonds. The van der Waals surface area contributed by atoms with Crippen LogP contribution < -0.4 is 24.8 Å². The van der Waals surface area contributed by atoms with Crippen molar-refractivity contribution in [1.29, 1.82) is 0 Å². The predicted octanol–water partition coefficient (Wildman–Crippen LogP) is 4.18. The number of anilines is 4. The molecule has 0 fully saturated rings. The SMILES string of the molecule is COc1cc(Nc2nc(Nc3ccncn3)nc3c2ncn3-c2ccsc2)cc(OC)c1OC. The van der Waals surface area contributed by atoms with Crippen LogP contribution in [0.4, 0.5) is 23.3 Å². The third kappa shape index (κ3) is 4.01. The number of imidazole rings is 1. The maximum absolute atomic E-state index is 5.48. The molecule has 1 aromatic carbocycles. The number of hydrogen-bond acceptors (Lipinski definition) is 11. The van der Waals surface area contributed by atoms with E-state index in [0.29, 0.717) is 51.7 Å². The molecule has 34 heavy (non-hydrogen) atoms. The van der Waals surface area contributed by atoms with E-state index in [1.54, 1.807) is 63.4 Å². The summed E-state index contributed by atoms with van der Waals surface area (Å²) in [4.78, 5) is 22.1. The van der Waals surface area contributed by atoms with Crippen molar-refractivity contribution in [3.05, 3.63) is 53.9 Å². The second-order valence-electron chi connectivity index (χ2n) is 6.92. The molecule has 0 saturated heterocycles. The van der Waals surface area contributed by atoms with Crippen molar-refractivity contribution >= 4 is 45.8 Å². The van der Waals surface area contributed by atoms with Crippen molar-refractivity contribution in [3.8, 4) is 22.9 Å². The summed E-state index contributed by atoms with van der Waals surface area (Å²) < 4.78 is 18.3. The van der Waals surface area contributed by atoms with Gasteiger partial charge in [0.05, 0.1) is 27.0 Å². The molecule has 0 aliphatic rings. The third-order valence-corrected chi connectivity index (χ3v) is 5.60. The van der Waals surface area contributed by atoms with Gasteiger partial charge in [0, 0.05) is 29.4 Å². The van der Waals surface area contributed by atoms with Gasteiger partial charge in [0.25, 0.3) is 0 Å². The molecule has 172 valence electrons. The first kappa shape index (κ1) is 21.4. The Balaban J connectivity index is 1.62. The highest BCUT2D eigenvalue weighted by molar-refractivity contribution is 7.08. The highest BCUT2D eigenvalue weighted by Crippen LogP contribution is 2.41. The van der Waals surface area contributed by atoms with E-state index in [1.165, 1.54) is 6.33 Å². The molecule has 12 heteroatoms. The Hall–Kier alpha value is -4.45. The zero-order valence-corrected chi connectivity index (χ0v) is 19.3. The molecule has 11 nitrogen and oxygen atoms in total. The smallest absolute Gasteiger partial charge is 0.232 e. The number of aromatic nitrogens is 6. The standard InChI is InChI=1S/C22H20N8O3S/c1-31-15-8-13(9-16(32-2)19(15)33-3)26-20-18-21(30(12-25-18)14-5-7-34-10-14)29-22(28-20)27-17-4-6-23-11-24-17/h4-12H,1-3H3,(H2,23,24,26,27,28,29). The number of thiophene rings is 1. The van der Waals surface area contributed by atoms with Crippen LogP contribution in [0.2, 0.25) is 0 Å². The minimum atomic E-state index is 0.345. The van der Waals surface area contributed by atoms with Crippen LogP contribution in [0.5, 0.6) is 17.2 Å². The van der Waals surface area contributed by atoms with E-state index in [4.69, 9.17) is 19.2 Å². The lowest BCUT2D eigenvalue weighted by Crippen LogP contribution is -2.05. The molecule has 0 unspecified atom stereocenters. The van der Waals surface area contributed by atoms with Gasteiger partial charge in [-0.1, -0.05) is 0 Å². The Labute approximate surface area is 198 Å². The van der Waals surface area contributed by atoms with Crippen molar-refractivity contribution < 1.29 is 14.2 Å². The van der Waals surface area contributed by atoms with E-state index in [0.717, 1.165) is 5.69 Å². The fraction of sp³-hybridized carbons (Fsp3) is 0.136. The molecule has 4 heterocycles. The van der Waals surface area contributed by atoms with Crippen molar-refractivity contribution in [3.63, 3.8) is 0 Å². The van der Waals surface area contributed by atoms with E-state index in [9.17, 15) is 0 Å². The number of benzene rings is 1. The van der Waals surface area contributed by atoms with Crippen LogP contribution in [-0.4, -0.2) is 50.8 Å². The molecule has 4 aromatic heterocycles. The summed E-state index contributed by atoms with van der Waals surface area (Å²) in [5.41, 5.74) is 2.85. The van der Waals surface area contributed by atoms with Crippen molar-refractivity contribution in [2.24, 2.45) is 0 Å². The number of nitrogens with one attached hydrogen (secondary N) is 2. The summed E-state index contributed by atoms with van der Waals surface area (Å²) in [5.74, 6) is 2.92. The zero-order valence-electron chi connectivity index (χ0n) is 18.5. The molecule has 0 radical (unpaired) electrons. The second-order valence-corrected chi connectivity index (χ2v) is 7.70. The van der Waals surface area contributed by atoms with Gasteiger partial charge >= 0.3 is 0 Å². The Morgan fingerprint density at radius 1 is 0.941 bits per heavy atom. The van der Waals surface area contributed by atoms with E-state index in [-0.39, 0.29) is 0 Å². The van der Waals surface area contributed by atoms with Gasteiger partial charge in [-0.25, -0.2) is 15.0 Å². The fourth-order valence-electron chi connectivity index (χ4n) is 3.40. The Kier molecular flexibility index (Phi) is 5.79. The molecule has 5 rings (SSSR count). The second kappa shape index (κ2) is 9.19. The highest BCUT2D eigenvalue weighted by atomic mass is 32.1. The van der Waals surface area contributed by atoms with E-state index in [2.05, 4.69) is 30.6 Å². The molecule has 0 saturated carbocycles. The number of hydrogen-bond donors (Lipinski definition) is 2. The number of fused-ring (bicyclic) bond motifs is 1. The minimum absolute atomic E-state index is 0.345. The van der Waals surface area contributed by atoms with Gasteiger partial charge < -0.3 is 24.8 Å². The summed E-state index contributed by atoms with van der Waals surface area (Å²) >= 11 is 1.59. The molecule has 0 aliphatic carbocycles. The third-order valence-electron chi connectivity index (χ3n) is 4.93. The van der Waals surface area contributed by atoms with Crippen LogP contribution >= 0.6 is 11.3 Å². The van der Waals surface area contributed by atoms with Crippen LogP contribution in [0.15, 0.2) is 53.9 Å². The van der Waals surface area contributed by atoms with Crippen LogP contribution in [0.1, 0.15) is 0 Å². The predicted molar refractivity (Wildman–Crippen MR) is 129 cm³/mol. The van der Waals surface area contributed by atoms with Crippen LogP contribution in [0, 0.1) is 0 Å². The molecule has 0 aliphatic heterocycles. The van der Waals surface area contributed by atoms with Gasteiger partial charge in [-0.05, 0) is 17.5 Å². The number of ether oxygens (including phenoxy) is 3. The summed E-state index contributed by atoms with van der Waals surface area (Å²) in [6.07, 6.45) is 4.81. The highest BCUT2D eigenvalue weighted by Gasteiger charge is 2.18. The maximum Gasteiger partial charge on any atom is 0.232 e. The molecule has 0 spiro atoms. The summed E-state index contributed by atoms with van der Waals surface area (Å²) in [7, 11) is 4.69. The van der Waals surface area contributed by atoms with Gasteiger partial charge in [-0.15, -0.1) is 0 Å². The lowest BCUT2D eigenvalue weighted by molar-refractivity contribution is 0.324. The summed E-state index contributed by atoms with van der Waals surface area (Å²) in [6.45, 7) is 0. The molecular weight excluding hydrogens is 456 g/mol. The van der Waals surface area contributed by atoms with E-state index < -0.39 is 0 Å². The molecular formula is C22H20N8O3S. The average Bonchev–Trinajstić information content (AvgIpc) is 3.54. The Morgan fingerprint density at radius 2 is 1.76 bits per heavy atom. The largest absolute Gasteiger partial charge is 0.493 e. The van der Waals surface area contributed by atoms with E-state index >= 15 is 0 Å². The van der Waals surface area contributed by atoms with Crippen LogP contribution in [0.3, 0.4) is 0 Å². The average molecular weight is 477 g/mol. The lowest BCUT2D eigenvalue weighted by atomic mass is 10.2. The Morgan fingerprint density at radius 3 is 2.41 bits per heavy atom. The molecule has 0 bridgehead atoms. The lowest BCUT2D eigenvalue weighted by Gasteiger charge is -2.15. The van der Waals surface area contributed by atoms with Gasteiger partial charge in [-0.3, -0.25) is 4.57 Å². The van der Waals surface area contributed by atoms with Crippen molar-refractivity contribution in [2.75, 3.05) is 32.0 Å².